The van der Waals surface area contributed by atoms with Crippen LogP contribution >= 0.6 is 0 Å². The number of carbonyl (C=O) groups excluding carboxylic acids is 1. The van der Waals surface area contributed by atoms with Gasteiger partial charge in [-0.2, -0.15) is 0 Å². The first-order valence-electron chi connectivity index (χ1n) is 11.2. The van der Waals surface area contributed by atoms with Crippen molar-refractivity contribution in [3.05, 3.63) is 47.3 Å². The summed E-state index contributed by atoms with van der Waals surface area (Å²) < 4.78 is 14.0. The number of amides is 1. The Morgan fingerprint density at radius 1 is 1.13 bits per heavy atom. The molecule has 1 aromatic heterocycles. The van der Waals surface area contributed by atoms with Gasteiger partial charge in [-0.25, -0.2) is 4.68 Å². The van der Waals surface area contributed by atoms with Crippen LogP contribution in [0.1, 0.15) is 59.8 Å². The minimum Gasteiger partial charge on any atom is -0.371 e. The Bertz CT molecular complexity index is 892. The van der Waals surface area contributed by atoms with Crippen LogP contribution in [0.3, 0.4) is 0 Å². The maximum absolute atomic E-state index is 12.7. The summed E-state index contributed by atoms with van der Waals surface area (Å²) in [6, 6.07) is 7.46. The highest BCUT2D eigenvalue weighted by molar-refractivity contribution is 5.95. The molecule has 1 saturated carbocycles. The Morgan fingerprint density at radius 2 is 1.93 bits per heavy atom. The lowest BCUT2D eigenvalue weighted by molar-refractivity contribution is 0.0613. The van der Waals surface area contributed by atoms with Gasteiger partial charge in [0.25, 0.3) is 5.91 Å². The van der Waals surface area contributed by atoms with Crippen LogP contribution in [0.15, 0.2) is 30.5 Å². The molecule has 1 amide bonds. The smallest absolute Gasteiger partial charge is 0.251 e. The lowest BCUT2D eigenvalue weighted by Crippen LogP contribution is -2.44. The van der Waals surface area contributed by atoms with Crippen molar-refractivity contribution in [3.8, 4) is 0 Å². The third-order valence-electron chi connectivity index (χ3n) is 6.85. The minimum atomic E-state index is -0.158. The van der Waals surface area contributed by atoms with Crippen molar-refractivity contribution < 1.29 is 14.3 Å². The summed E-state index contributed by atoms with van der Waals surface area (Å²) in [5.41, 5.74) is 2.72. The predicted molar refractivity (Wildman–Crippen MR) is 111 cm³/mol. The van der Waals surface area contributed by atoms with E-state index >= 15 is 0 Å². The predicted octanol–water partition coefficient (Wildman–Crippen LogP) is 2.85. The first-order valence-corrected chi connectivity index (χ1v) is 11.2. The zero-order valence-corrected chi connectivity index (χ0v) is 17.5. The molecule has 0 spiro atoms. The number of aryl methyl sites for hydroxylation is 1. The van der Waals surface area contributed by atoms with E-state index < -0.39 is 0 Å². The fourth-order valence-electron chi connectivity index (χ4n) is 5.16. The molecule has 4 unspecified atom stereocenters. The van der Waals surface area contributed by atoms with E-state index in [1.807, 2.05) is 35.9 Å². The summed E-state index contributed by atoms with van der Waals surface area (Å²) in [5, 5.41) is 11.9. The number of rotatable bonds is 5. The van der Waals surface area contributed by atoms with Gasteiger partial charge in [-0.1, -0.05) is 55.5 Å². The van der Waals surface area contributed by atoms with E-state index in [1.165, 1.54) is 32.1 Å². The van der Waals surface area contributed by atoms with Crippen LogP contribution in [0.4, 0.5) is 0 Å². The van der Waals surface area contributed by atoms with Crippen molar-refractivity contribution in [1.82, 2.24) is 20.3 Å². The van der Waals surface area contributed by atoms with Gasteiger partial charge in [0.2, 0.25) is 0 Å². The Balaban J connectivity index is 1.21. The molecule has 3 aliphatic rings. The van der Waals surface area contributed by atoms with Crippen LogP contribution in [-0.2, 0) is 15.9 Å². The van der Waals surface area contributed by atoms with Gasteiger partial charge in [0, 0.05) is 11.8 Å². The fourth-order valence-corrected chi connectivity index (χ4v) is 5.16. The maximum atomic E-state index is 12.7. The summed E-state index contributed by atoms with van der Waals surface area (Å²) >= 11 is 0. The molecule has 7 nitrogen and oxygen atoms in total. The average Bonchev–Trinajstić information content (AvgIpc) is 3.47. The molecule has 2 aromatic rings. The van der Waals surface area contributed by atoms with Crippen molar-refractivity contribution in [2.24, 2.45) is 5.92 Å². The van der Waals surface area contributed by atoms with Crippen molar-refractivity contribution in [2.45, 2.75) is 69.7 Å². The van der Waals surface area contributed by atoms with Crippen LogP contribution in [0, 0.1) is 12.8 Å². The van der Waals surface area contributed by atoms with Crippen molar-refractivity contribution in [1.29, 1.82) is 0 Å². The van der Waals surface area contributed by atoms with E-state index in [2.05, 4.69) is 21.8 Å². The van der Waals surface area contributed by atoms with Gasteiger partial charge in [0.05, 0.1) is 24.9 Å². The van der Waals surface area contributed by atoms with E-state index in [9.17, 15) is 4.79 Å². The summed E-state index contributed by atoms with van der Waals surface area (Å²) in [7, 11) is 0. The molecule has 160 valence electrons. The highest BCUT2D eigenvalue weighted by atomic mass is 16.6. The Labute approximate surface area is 177 Å². The van der Waals surface area contributed by atoms with Crippen LogP contribution in [0.25, 0.3) is 0 Å². The normalized spacial score (nSPS) is 29.1. The summed E-state index contributed by atoms with van der Waals surface area (Å²) in [4.78, 5) is 12.7. The van der Waals surface area contributed by atoms with E-state index in [0.29, 0.717) is 18.8 Å². The van der Waals surface area contributed by atoms with Gasteiger partial charge in [0.1, 0.15) is 18.2 Å². The molecule has 30 heavy (non-hydrogen) atoms. The number of ether oxygens (including phenoxy) is 2. The second-order valence-corrected chi connectivity index (χ2v) is 8.96. The molecule has 0 bridgehead atoms. The number of aromatic nitrogens is 3. The van der Waals surface area contributed by atoms with Crippen LogP contribution in [0.5, 0.6) is 0 Å². The topological polar surface area (TPSA) is 78.3 Å². The molecule has 1 aromatic carbocycles. The van der Waals surface area contributed by atoms with Gasteiger partial charge in [0.15, 0.2) is 0 Å². The summed E-state index contributed by atoms with van der Waals surface area (Å²) in [6.45, 7) is 2.92. The molecule has 3 fully saturated rings. The minimum absolute atomic E-state index is 0.00275. The van der Waals surface area contributed by atoms with Crippen LogP contribution in [0.2, 0.25) is 0 Å². The molecular weight excluding hydrogens is 380 g/mol. The van der Waals surface area contributed by atoms with Gasteiger partial charge < -0.3 is 14.8 Å². The molecule has 2 aliphatic heterocycles. The summed E-state index contributed by atoms with van der Waals surface area (Å²) in [5.74, 6) is 0.658. The number of nitrogens with zero attached hydrogens (tertiary/aromatic N) is 3. The van der Waals surface area contributed by atoms with Crippen molar-refractivity contribution in [2.75, 3.05) is 13.2 Å². The average molecular weight is 411 g/mol. The molecule has 0 radical (unpaired) electrons. The van der Waals surface area contributed by atoms with E-state index in [1.54, 1.807) is 0 Å². The SMILES string of the molecule is Cc1ccccc1C(=O)NC1COC2C1OCC2n1cc(CC2CCCCC2)nn1. The molecule has 1 N–H and O–H groups in total. The third-order valence-corrected chi connectivity index (χ3v) is 6.85. The largest absolute Gasteiger partial charge is 0.371 e. The molecule has 5 rings (SSSR count). The van der Waals surface area contributed by atoms with Gasteiger partial charge >= 0.3 is 0 Å². The lowest BCUT2D eigenvalue weighted by atomic mass is 9.86. The molecule has 4 atom stereocenters. The molecule has 1 aliphatic carbocycles. The quantitative estimate of drug-likeness (QED) is 0.820. The van der Waals surface area contributed by atoms with Gasteiger partial charge in [-0.15, -0.1) is 5.10 Å². The van der Waals surface area contributed by atoms with Gasteiger partial charge in [-0.05, 0) is 30.9 Å². The Kier molecular flexibility index (Phi) is 5.56. The standard InChI is InChI=1S/C23H30N4O3/c1-15-7-5-6-10-18(15)23(28)24-19-13-29-22-20(14-30-21(19)22)27-12-17(25-26-27)11-16-8-3-2-4-9-16/h5-7,10,12,16,19-22H,2-4,8-9,11,13-14H2,1H3,(H,24,28). The Hall–Kier alpha value is -2.25. The fraction of sp³-hybridized carbons (Fsp3) is 0.609. The van der Waals surface area contributed by atoms with Gasteiger partial charge in [-0.3, -0.25) is 4.79 Å². The Morgan fingerprint density at radius 3 is 2.77 bits per heavy atom. The number of hydrogen-bond donors (Lipinski definition) is 1. The maximum Gasteiger partial charge on any atom is 0.251 e. The highest BCUT2D eigenvalue weighted by Crippen LogP contribution is 2.34. The zero-order valence-electron chi connectivity index (χ0n) is 17.5. The molecular formula is C23H30N4O3. The molecule has 7 heteroatoms. The zero-order chi connectivity index (χ0) is 20.5. The van der Waals surface area contributed by atoms with Crippen LogP contribution < -0.4 is 5.32 Å². The first-order chi connectivity index (χ1) is 14.7. The third kappa shape index (κ3) is 3.88. The monoisotopic (exact) mass is 410 g/mol. The molecule has 3 heterocycles. The first kappa shape index (κ1) is 19.7. The highest BCUT2D eigenvalue weighted by Gasteiger charge is 2.49. The molecule has 2 saturated heterocycles. The van der Waals surface area contributed by atoms with E-state index in [4.69, 9.17) is 9.47 Å². The number of nitrogens with one attached hydrogen (secondary N) is 1. The number of carbonyl (C=O) groups is 1. The van der Waals surface area contributed by atoms with E-state index in [0.717, 1.165) is 23.6 Å². The number of hydrogen-bond acceptors (Lipinski definition) is 5. The van der Waals surface area contributed by atoms with Crippen molar-refractivity contribution >= 4 is 5.91 Å². The van der Waals surface area contributed by atoms with Crippen LogP contribution in [-0.4, -0.2) is 52.4 Å². The summed E-state index contributed by atoms with van der Waals surface area (Å²) in [6.07, 6.45) is 9.44. The second kappa shape index (κ2) is 8.47. The lowest BCUT2D eigenvalue weighted by Gasteiger charge is -2.20. The second-order valence-electron chi connectivity index (χ2n) is 8.96. The van der Waals surface area contributed by atoms with Crippen molar-refractivity contribution in [3.63, 3.8) is 0 Å². The van der Waals surface area contributed by atoms with E-state index in [-0.39, 0.29) is 30.2 Å². The number of benzene rings is 1. The number of fused-ring (bicyclic) bond motifs is 1.